The summed E-state index contributed by atoms with van der Waals surface area (Å²) in [6, 6.07) is -0.350. The second kappa shape index (κ2) is 26.7. The Bertz CT molecular complexity index is 1630. The van der Waals surface area contributed by atoms with Crippen molar-refractivity contribution in [2.45, 2.75) is 137 Å². The van der Waals surface area contributed by atoms with E-state index in [0.717, 1.165) is 0 Å². The largest absolute Gasteiger partial charge is 0.508 e. The first-order chi connectivity index (χ1) is 28.2. The first kappa shape index (κ1) is 55.5. The summed E-state index contributed by atoms with van der Waals surface area (Å²) in [6.07, 6.45) is -3.21. The molecule has 0 radical (unpaired) electrons. The minimum Gasteiger partial charge on any atom is -0.508 e. The maximum absolute atomic E-state index is 13.9. The van der Waals surface area contributed by atoms with E-state index < -0.39 is 102 Å². The van der Waals surface area contributed by atoms with Crippen molar-refractivity contribution in [2.75, 3.05) is 6.54 Å². The van der Waals surface area contributed by atoms with Crippen molar-refractivity contribution in [1.82, 2.24) is 31.9 Å². The summed E-state index contributed by atoms with van der Waals surface area (Å²) in [5, 5.41) is 33.1. The Kier molecular flexibility index (Phi) is 24.3. The van der Waals surface area contributed by atoms with Gasteiger partial charge < -0.3 is 53.6 Å². The third-order valence-corrected chi connectivity index (χ3v) is 9.45. The number of phenolic OH excluding ortho intramolecular Hbond substituents is 1. The molecule has 61 heavy (non-hydrogen) atoms. The molecule has 0 unspecified atom stereocenters. The monoisotopic (exact) mass is 874 g/mol. The first-order valence-corrected chi connectivity index (χ1v) is 20.0. The molecule has 12 N–H and O–H groups in total. The highest BCUT2D eigenvalue weighted by Crippen LogP contribution is 2.16. The Balaban J connectivity index is 0.00000470. The molecule has 0 aliphatic heterocycles. The number of carboxylic acids is 1. The first-order valence-electron chi connectivity index (χ1n) is 20.0. The lowest BCUT2D eigenvalue weighted by molar-refractivity contribution is -0.192. The predicted molar refractivity (Wildman–Crippen MR) is 219 cm³/mol. The fraction of sp³-hybridized carbons (Fsp3) is 0.650. The molecule has 346 valence electrons. The Morgan fingerprint density at radius 2 is 1.03 bits per heavy atom. The molecule has 0 aromatic heterocycles. The van der Waals surface area contributed by atoms with Gasteiger partial charge in [-0.05, 0) is 67.2 Å². The van der Waals surface area contributed by atoms with Crippen LogP contribution in [0.5, 0.6) is 5.75 Å². The minimum absolute atomic E-state index is 0.00913. The molecule has 0 heterocycles. The van der Waals surface area contributed by atoms with Crippen molar-refractivity contribution >= 4 is 47.3 Å². The molecule has 0 aliphatic rings. The number of carbonyl (C=O) groups excluding carboxylic acids is 7. The zero-order valence-corrected chi connectivity index (χ0v) is 36.3. The van der Waals surface area contributed by atoms with E-state index in [1.807, 2.05) is 6.92 Å². The molecule has 0 saturated carbocycles. The Hall–Kier alpha value is -5.47. The van der Waals surface area contributed by atoms with Gasteiger partial charge in [0.05, 0.1) is 0 Å². The summed E-state index contributed by atoms with van der Waals surface area (Å²) < 4.78 is 31.7. The van der Waals surface area contributed by atoms with Gasteiger partial charge in [0, 0.05) is 13.3 Å². The number of hydrogen-bond acceptors (Lipinski definition) is 10. The number of unbranched alkanes of at least 4 members (excludes halogenated alkanes) is 1. The molecule has 7 atom stereocenters. The number of phenols is 1. The number of primary amides is 1. The van der Waals surface area contributed by atoms with Gasteiger partial charge in [0.15, 0.2) is 0 Å². The molecule has 0 spiro atoms. The minimum atomic E-state index is -5.08. The van der Waals surface area contributed by atoms with Gasteiger partial charge in [0.1, 0.15) is 42.0 Å². The number of rotatable bonds is 23. The molecule has 0 aliphatic carbocycles. The second-order valence-electron chi connectivity index (χ2n) is 15.7. The molecule has 18 nitrogen and oxygen atoms in total. The summed E-state index contributed by atoms with van der Waals surface area (Å²) >= 11 is 0. The van der Waals surface area contributed by atoms with E-state index in [1.165, 1.54) is 19.1 Å². The lowest BCUT2D eigenvalue weighted by atomic mass is 9.94. The number of aromatic hydroxyl groups is 1. The predicted octanol–water partition coefficient (Wildman–Crippen LogP) is 1.13. The molecule has 1 aromatic rings. The summed E-state index contributed by atoms with van der Waals surface area (Å²) in [6.45, 7) is 15.7. The molecule has 1 aromatic carbocycles. The number of aliphatic carboxylic acids is 1. The van der Waals surface area contributed by atoms with Gasteiger partial charge in [-0.25, -0.2) is 4.79 Å². The van der Waals surface area contributed by atoms with Crippen molar-refractivity contribution in [1.29, 1.82) is 0 Å². The van der Waals surface area contributed by atoms with Gasteiger partial charge in [-0.15, -0.1) is 0 Å². The Morgan fingerprint density at radius 3 is 1.41 bits per heavy atom. The van der Waals surface area contributed by atoms with E-state index in [9.17, 15) is 51.8 Å². The van der Waals surface area contributed by atoms with Crippen molar-refractivity contribution in [3.8, 4) is 5.75 Å². The normalized spacial score (nSPS) is 14.8. The van der Waals surface area contributed by atoms with Crippen LogP contribution in [0.15, 0.2) is 24.3 Å². The molecular weight excluding hydrogens is 809 g/mol. The standard InChI is InChI=1S/C38H64N8O8.C2HF3O2/c1-10-23(8)32(46-37(53)31(22(6)7)44-36(52)29(20(2)3)41-24(9)47)38(54)45-30(21(4)5)35(51)43-28(19-25-14-16-26(48)17-15-25)34(50)42-27(33(40)49)13-11-12-18-39;3-2(4,5)1(6)7/h14-17,20-23,27-32,48H,10-13,18-19,39H2,1-9H3,(H2,40,49)(H,41,47)(H,42,50)(H,43,51)(H,44,52)(H,45,54)(H,46,53);(H,6,7)/t23-,27-,28-,29-,30-,31-,32-;/m0./s1. The maximum Gasteiger partial charge on any atom is 0.490 e. The number of halogens is 3. The van der Waals surface area contributed by atoms with Crippen molar-refractivity contribution < 1.29 is 61.7 Å². The zero-order chi connectivity index (χ0) is 47.4. The molecule has 0 saturated heterocycles. The van der Waals surface area contributed by atoms with Crippen LogP contribution in [-0.2, 0) is 44.8 Å². The van der Waals surface area contributed by atoms with Crippen LogP contribution in [0.3, 0.4) is 0 Å². The number of alkyl halides is 3. The van der Waals surface area contributed by atoms with Crippen LogP contribution >= 0.6 is 0 Å². The zero-order valence-electron chi connectivity index (χ0n) is 36.3. The van der Waals surface area contributed by atoms with E-state index in [1.54, 1.807) is 60.6 Å². The van der Waals surface area contributed by atoms with E-state index in [2.05, 4.69) is 31.9 Å². The number of carboxylic acid groups (broad SMARTS) is 1. The summed E-state index contributed by atoms with van der Waals surface area (Å²) in [5.41, 5.74) is 11.7. The van der Waals surface area contributed by atoms with Gasteiger partial charge in [-0.2, -0.15) is 13.2 Å². The van der Waals surface area contributed by atoms with Crippen LogP contribution in [0, 0.1) is 23.7 Å². The fourth-order valence-electron chi connectivity index (χ4n) is 5.64. The molecular formula is C40H65F3N8O10. The lowest BCUT2D eigenvalue weighted by Crippen LogP contribution is -2.62. The number of carbonyl (C=O) groups is 8. The highest BCUT2D eigenvalue weighted by atomic mass is 19.4. The summed E-state index contributed by atoms with van der Waals surface area (Å²) in [5.74, 6) is -8.57. The molecule has 0 fully saturated rings. The van der Waals surface area contributed by atoms with E-state index in [0.29, 0.717) is 31.4 Å². The maximum atomic E-state index is 13.9. The summed E-state index contributed by atoms with van der Waals surface area (Å²) in [4.78, 5) is 101. The number of nitrogens with two attached hydrogens (primary N) is 2. The van der Waals surface area contributed by atoms with E-state index in [4.69, 9.17) is 21.4 Å². The molecule has 1 rings (SSSR count). The number of hydrogen-bond donors (Lipinski definition) is 10. The van der Waals surface area contributed by atoms with Gasteiger partial charge in [-0.3, -0.25) is 33.6 Å². The third kappa shape index (κ3) is 20.6. The van der Waals surface area contributed by atoms with Crippen molar-refractivity contribution in [3.63, 3.8) is 0 Å². The second-order valence-corrected chi connectivity index (χ2v) is 15.7. The highest BCUT2D eigenvalue weighted by Gasteiger charge is 2.39. The number of nitrogens with one attached hydrogen (secondary N) is 6. The van der Waals surface area contributed by atoms with Crippen LogP contribution < -0.4 is 43.4 Å². The summed E-state index contributed by atoms with van der Waals surface area (Å²) in [7, 11) is 0. The van der Waals surface area contributed by atoms with E-state index in [-0.39, 0.29) is 30.4 Å². The molecule has 21 heteroatoms. The van der Waals surface area contributed by atoms with Crippen LogP contribution in [0.1, 0.15) is 93.6 Å². The van der Waals surface area contributed by atoms with Crippen LogP contribution in [0.25, 0.3) is 0 Å². The number of benzene rings is 1. The molecule has 7 amide bonds. The van der Waals surface area contributed by atoms with Gasteiger partial charge in [0.25, 0.3) is 0 Å². The van der Waals surface area contributed by atoms with E-state index >= 15 is 0 Å². The van der Waals surface area contributed by atoms with Crippen LogP contribution in [-0.4, -0.2) is 107 Å². The van der Waals surface area contributed by atoms with Crippen molar-refractivity contribution in [2.24, 2.45) is 35.1 Å². The third-order valence-electron chi connectivity index (χ3n) is 9.45. The SMILES string of the molecule is CC[C@H](C)[C@H](NC(=O)[C@@H](NC(=O)[C@@H](NC(C)=O)C(C)C)C(C)C)C(=O)N[C@H](C(=O)N[C@@H](Cc1ccc(O)cc1)C(=O)N[C@@H](CCCCN)C(N)=O)C(C)C.O=C(O)C(F)(F)F. The van der Waals surface area contributed by atoms with Gasteiger partial charge in [-0.1, -0.05) is 73.9 Å². The average Bonchev–Trinajstić information content (AvgIpc) is 3.15. The highest BCUT2D eigenvalue weighted by molar-refractivity contribution is 5.97. The fourth-order valence-corrected chi connectivity index (χ4v) is 5.64. The van der Waals surface area contributed by atoms with Crippen LogP contribution in [0.4, 0.5) is 13.2 Å². The average molecular weight is 875 g/mol. The molecule has 0 bridgehead atoms. The quantitative estimate of drug-likeness (QED) is 0.0695. The van der Waals surface area contributed by atoms with Crippen LogP contribution in [0.2, 0.25) is 0 Å². The topological polar surface area (TPSA) is 301 Å². The van der Waals surface area contributed by atoms with Gasteiger partial charge in [0.2, 0.25) is 41.4 Å². The lowest BCUT2D eigenvalue weighted by Gasteiger charge is -2.31. The van der Waals surface area contributed by atoms with Gasteiger partial charge >= 0.3 is 12.1 Å². The Morgan fingerprint density at radius 1 is 0.639 bits per heavy atom. The smallest absolute Gasteiger partial charge is 0.490 e. The van der Waals surface area contributed by atoms with Crippen molar-refractivity contribution in [3.05, 3.63) is 29.8 Å². The number of amides is 7. The Labute approximate surface area is 354 Å².